The lowest BCUT2D eigenvalue weighted by atomic mass is 9.78. The molecule has 2 rings (SSSR count). The van der Waals surface area contributed by atoms with Crippen LogP contribution in [-0.4, -0.2) is 0 Å². The van der Waals surface area contributed by atoms with Gasteiger partial charge in [0.2, 0.25) is 0 Å². The average Bonchev–Trinajstić information content (AvgIpc) is 2.30. The Labute approximate surface area is 99.9 Å². The molecule has 2 heteroatoms. The molecule has 86 valence electrons. The molecule has 0 aliphatic heterocycles. The molecule has 2 aromatic rings. The van der Waals surface area contributed by atoms with E-state index in [1.165, 1.54) is 24.3 Å². The Morgan fingerprint density at radius 1 is 0.765 bits per heavy atom. The summed E-state index contributed by atoms with van der Waals surface area (Å²) in [4.78, 5) is 0. The number of rotatable bonds is 2. The van der Waals surface area contributed by atoms with Crippen LogP contribution in [0, 0.1) is 18.6 Å². The minimum absolute atomic E-state index is 0.274. The van der Waals surface area contributed by atoms with E-state index in [0.717, 1.165) is 11.1 Å². The van der Waals surface area contributed by atoms with Gasteiger partial charge in [0.15, 0.2) is 5.41 Å². The third-order valence-corrected chi connectivity index (χ3v) is 2.96. The van der Waals surface area contributed by atoms with Crippen molar-refractivity contribution in [2.24, 2.45) is 0 Å². The van der Waals surface area contributed by atoms with E-state index in [4.69, 9.17) is 0 Å². The molecule has 0 heterocycles. The molecule has 0 aromatic heterocycles. The van der Waals surface area contributed by atoms with Gasteiger partial charge >= 0.3 is 0 Å². The summed E-state index contributed by atoms with van der Waals surface area (Å²) >= 11 is 0. The predicted molar refractivity (Wildman–Crippen MR) is 64.6 cm³/mol. The number of hydrogen-bond donors (Lipinski definition) is 0. The Morgan fingerprint density at radius 2 is 1.06 bits per heavy atom. The fourth-order valence-electron chi connectivity index (χ4n) is 1.80. The summed E-state index contributed by atoms with van der Waals surface area (Å²) in [5.74, 6) is -0.549. The van der Waals surface area contributed by atoms with E-state index in [2.05, 4.69) is 6.92 Å². The SMILES string of the molecule is [CH2+]C(C)(c1ccc(F)cc1)c1ccc(F)cc1. The average molecular weight is 231 g/mol. The zero-order chi connectivity index (χ0) is 12.5. The minimum atomic E-state index is -0.512. The molecule has 0 aliphatic carbocycles. The van der Waals surface area contributed by atoms with Crippen LogP contribution in [0.25, 0.3) is 0 Å². The van der Waals surface area contributed by atoms with Crippen molar-refractivity contribution in [3.05, 3.63) is 78.2 Å². The topological polar surface area (TPSA) is 0 Å². The minimum Gasteiger partial charge on any atom is -0.207 e. The van der Waals surface area contributed by atoms with Crippen LogP contribution in [0.3, 0.4) is 0 Å². The highest BCUT2D eigenvalue weighted by molar-refractivity contribution is 5.39. The van der Waals surface area contributed by atoms with Crippen LogP contribution in [0.2, 0.25) is 0 Å². The van der Waals surface area contributed by atoms with Crippen molar-refractivity contribution >= 4 is 0 Å². The van der Waals surface area contributed by atoms with E-state index in [9.17, 15) is 8.78 Å². The largest absolute Gasteiger partial charge is 0.207 e. The predicted octanol–water partition coefficient (Wildman–Crippen LogP) is 4.10. The molecule has 0 atom stereocenters. The summed E-state index contributed by atoms with van der Waals surface area (Å²) in [6.45, 7) is 6.05. The molecule has 0 amide bonds. The Kier molecular flexibility index (Phi) is 2.88. The lowest BCUT2D eigenvalue weighted by Crippen LogP contribution is -2.19. The van der Waals surface area contributed by atoms with Gasteiger partial charge < -0.3 is 0 Å². The van der Waals surface area contributed by atoms with Gasteiger partial charge in [-0.15, -0.1) is 0 Å². The molecule has 0 fully saturated rings. The standard InChI is InChI=1S/C15H13F2/c1-15(2,11-3-7-13(16)8-4-11)12-5-9-14(17)10-6-12/h3-10H,1H2,2H3/q+1. The van der Waals surface area contributed by atoms with Gasteiger partial charge in [-0.3, -0.25) is 0 Å². The molecule has 0 radical (unpaired) electrons. The van der Waals surface area contributed by atoms with Gasteiger partial charge in [0.1, 0.15) is 11.6 Å². The van der Waals surface area contributed by atoms with Crippen molar-refractivity contribution in [2.45, 2.75) is 12.3 Å². The fraction of sp³-hybridized carbons (Fsp3) is 0.133. The summed E-state index contributed by atoms with van der Waals surface area (Å²) in [5, 5.41) is 0. The zero-order valence-corrected chi connectivity index (χ0v) is 9.58. The first-order valence-electron chi connectivity index (χ1n) is 5.37. The zero-order valence-electron chi connectivity index (χ0n) is 9.58. The summed E-state index contributed by atoms with van der Waals surface area (Å²) in [6, 6.07) is 12.4. The first-order chi connectivity index (χ1) is 8.00. The molecule has 0 unspecified atom stereocenters. The quantitative estimate of drug-likeness (QED) is 0.682. The molecular weight excluding hydrogens is 218 g/mol. The van der Waals surface area contributed by atoms with Crippen LogP contribution in [0.15, 0.2) is 48.5 Å². The molecule has 0 saturated heterocycles. The van der Waals surface area contributed by atoms with Crippen molar-refractivity contribution in [1.82, 2.24) is 0 Å². The lowest BCUT2D eigenvalue weighted by Gasteiger charge is -2.18. The van der Waals surface area contributed by atoms with E-state index in [1.54, 1.807) is 24.3 Å². The van der Waals surface area contributed by atoms with Gasteiger partial charge in [-0.2, -0.15) is 0 Å². The molecule has 0 nitrogen and oxygen atoms in total. The summed E-state index contributed by atoms with van der Waals surface area (Å²) in [6.07, 6.45) is 0. The Balaban J connectivity index is 2.41. The fourth-order valence-corrected chi connectivity index (χ4v) is 1.80. The van der Waals surface area contributed by atoms with Crippen LogP contribution in [0.1, 0.15) is 18.1 Å². The normalized spacial score (nSPS) is 11.5. The number of benzene rings is 2. The van der Waals surface area contributed by atoms with E-state index in [-0.39, 0.29) is 11.6 Å². The monoisotopic (exact) mass is 231 g/mol. The number of hydrogen-bond acceptors (Lipinski definition) is 0. The Morgan fingerprint density at radius 3 is 1.35 bits per heavy atom. The van der Waals surface area contributed by atoms with Gasteiger partial charge in [0.05, 0.1) is 6.92 Å². The first kappa shape index (κ1) is 11.6. The highest BCUT2D eigenvalue weighted by atomic mass is 19.1. The third-order valence-electron chi connectivity index (χ3n) is 2.96. The summed E-state index contributed by atoms with van der Waals surface area (Å²) in [7, 11) is 0. The Bertz CT molecular complexity index is 448. The van der Waals surface area contributed by atoms with Crippen molar-refractivity contribution in [3.63, 3.8) is 0 Å². The van der Waals surface area contributed by atoms with Crippen molar-refractivity contribution in [1.29, 1.82) is 0 Å². The van der Waals surface area contributed by atoms with Crippen molar-refractivity contribution < 1.29 is 8.78 Å². The molecule has 0 saturated carbocycles. The van der Waals surface area contributed by atoms with Crippen LogP contribution in [-0.2, 0) is 5.41 Å². The van der Waals surface area contributed by atoms with Crippen LogP contribution in [0.5, 0.6) is 0 Å². The maximum atomic E-state index is 12.9. The molecule has 0 aliphatic rings. The van der Waals surface area contributed by atoms with Gasteiger partial charge in [-0.05, 0) is 31.2 Å². The summed E-state index contributed by atoms with van der Waals surface area (Å²) < 4.78 is 25.7. The summed E-state index contributed by atoms with van der Waals surface area (Å²) in [5.41, 5.74) is 1.28. The van der Waals surface area contributed by atoms with Gasteiger partial charge in [-0.1, -0.05) is 24.3 Å². The molecule has 2 aromatic carbocycles. The van der Waals surface area contributed by atoms with Crippen LogP contribution in [0.4, 0.5) is 8.78 Å². The molecule has 17 heavy (non-hydrogen) atoms. The second-order valence-electron chi connectivity index (χ2n) is 4.35. The van der Waals surface area contributed by atoms with Gasteiger partial charge in [0, 0.05) is 11.1 Å². The molecule has 0 bridgehead atoms. The van der Waals surface area contributed by atoms with Crippen molar-refractivity contribution in [2.75, 3.05) is 0 Å². The van der Waals surface area contributed by atoms with Crippen molar-refractivity contribution in [3.8, 4) is 0 Å². The second-order valence-corrected chi connectivity index (χ2v) is 4.35. The highest BCUT2D eigenvalue weighted by Crippen LogP contribution is 2.30. The van der Waals surface area contributed by atoms with E-state index < -0.39 is 5.41 Å². The smallest absolute Gasteiger partial charge is 0.152 e. The molecule has 0 spiro atoms. The van der Waals surface area contributed by atoms with E-state index in [1.807, 2.05) is 6.92 Å². The van der Waals surface area contributed by atoms with E-state index in [0.29, 0.717) is 0 Å². The highest BCUT2D eigenvalue weighted by Gasteiger charge is 2.30. The van der Waals surface area contributed by atoms with Crippen LogP contribution < -0.4 is 0 Å². The van der Waals surface area contributed by atoms with E-state index >= 15 is 0 Å². The first-order valence-corrected chi connectivity index (χ1v) is 5.37. The third kappa shape index (κ3) is 2.31. The van der Waals surface area contributed by atoms with Gasteiger partial charge in [0.25, 0.3) is 0 Å². The maximum absolute atomic E-state index is 12.9. The Hall–Kier alpha value is -1.83. The molecule has 0 N–H and O–H groups in total. The molecular formula is C15H13F2+. The second kappa shape index (κ2) is 4.21. The lowest BCUT2D eigenvalue weighted by molar-refractivity contribution is 0.620. The maximum Gasteiger partial charge on any atom is 0.152 e. The number of halogens is 2. The van der Waals surface area contributed by atoms with Gasteiger partial charge in [-0.25, -0.2) is 8.78 Å². The van der Waals surface area contributed by atoms with Crippen LogP contribution >= 0.6 is 0 Å².